The Labute approximate surface area is 115 Å². The number of hydrogen-bond donors (Lipinski definition) is 1. The lowest BCUT2D eigenvalue weighted by atomic mass is 9.94. The van der Waals surface area contributed by atoms with Gasteiger partial charge in [0.25, 0.3) is 0 Å². The van der Waals surface area contributed by atoms with Crippen LogP contribution in [-0.2, 0) is 14.4 Å². The number of nitrogens with zero attached hydrogens (tertiary/aromatic N) is 1. The molecule has 2 N–H and O–H groups in total. The summed E-state index contributed by atoms with van der Waals surface area (Å²) in [5.74, 6) is 0.285. The highest BCUT2D eigenvalue weighted by atomic mass is 16.2. The Morgan fingerprint density at radius 3 is 2.32 bits per heavy atom. The van der Waals surface area contributed by atoms with Crippen molar-refractivity contribution in [3.05, 3.63) is 0 Å². The molecular formula is C14H26N2O3. The average Bonchev–Trinajstić information content (AvgIpc) is 2.63. The summed E-state index contributed by atoms with van der Waals surface area (Å²) < 4.78 is 0. The van der Waals surface area contributed by atoms with Crippen molar-refractivity contribution in [3.8, 4) is 0 Å². The molecule has 0 spiro atoms. The minimum Gasteiger partial charge on any atom is -0.372 e. The lowest BCUT2D eigenvalue weighted by Crippen LogP contribution is -2.32. The molecule has 1 unspecified atom stereocenters. The quantitative estimate of drug-likeness (QED) is 0.453. The molecule has 0 aromatic carbocycles. The van der Waals surface area contributed by atoms with E-state index in [0.29, 0.717) is 13.0 Å². The summed E-state index contributed by atoms with van der Waals surface area (Å²) in [6.45, 7) is 6.80. The number of amides is 3. The van der Waals surface area contributed by atoms with Gasteiger partial charge in [0.15, 0.2) is 0 Å². The molecule has 1 rings (SSSR count). The molecule has 0 radical (unpaired) electrons. The van der Waals surface area contributed by atoms with E-state index < -0.39 is 0 Å². The minimum atomic E-state index is -0.0707. The highest BCUT2D eigenvalue weighted by Crippen LogP contribution is 2.26. The van der Waals surface area contributed by atoms with Crippen LogP contribution in [0.15, 0.2) is 0 Å². The van der Waals surface area contributed by atoms with Gasteiger partial charge in [0.05, 0.1) is 0 Å². The van der Waals surface area contributed by atoms with Crippen LogP contribution >= 0.6 is 0 Å². The molecule has 0 aromatic heterocycles. The van der Waals surface area contributed by atoms with E-state index in [1.807, 2.05) is 13.8 Å². The Morgan fingerprint density at radius 2 is 1.89 bits per heavy atom. The van der Waals surface area contributed by atoms with Gasteiger partial charge >= 0.3 is 0 Å². The Balaban J connectivity index is 0.000000982. The van der Waals surface area contributed by atoms with E-state index in [1.54, 1.807) is 0 Å². The summed E-state index contributed by atoms with van der Waals surface area (Å²) in [5.41, 5.74) is 4.17. The number of imide groups is 1. The van der Waals surface area contributed by atoms with Crippen molar-refractivity contribution < 1.29 is 14.4 Å². The number of hydrogen-bond acceptors (Lipinski definition) is 3. The molecule has 0 aromatic rings. The lowest BCUT2D eigenvalue weighted by Gasteiger charge is -2.16. The molecule has 5 nitrogen and oxygen atoms in total. The molecule has 1 heterocycles. The van der Waals surface area contributed by atoms with Crippen LogP contribution in [0.1, 0.15) is 52.9 Å². The minimum absolute atomic E-state index is 0.0280. The molecule has 1 aliphatic heterocycles. The molecule has 0 saturated carbocycles. The zero-order valence-corrected chi connectivity index (χ0v) is 12.2. The van der Waals surface area contributed by atoms with Crippen LogP contribution in [-0.4, -0.2) is 29.7 Å². The molecule has 3 amide bonds. The number of likely N-dealkylation sites (tertiary alicyclic amines) is 1. The Hall–Kier alpha value is -1.39. The van der Waals surface area contributed by atoms with E-state index >= 15 is 0 Å². The van der Waals surface area contributed by atoms with E-state index in [4.69, 9.17) is 4.79 Å². The summed E-state index contributed by atoms with van der Waals surface area (Å²) in [5, 5.41) is 0. The van der Waals surface area contributed by atoms with Gasteiger partial charge in [-0.2, -0.15) is 0 Å². The first kappa shape index (κ1) is 17.6. The van der Waals surface area contributed by atoms with Crippen LogP contribution in [0.25, 0.3) is 0 Å². The smallest absolute Gasteiger partial charge is 0.233 e. The standard InChI is InChI=1S/C13H23NO2.CH3NO/c1-4-5-6-7-8-14-12(15)9-11(10(2)3)13(14)16;2-1-3/h10-11H,4-9H2,1-3H3;1H,(H2,2,3). The molecule has 0 aliphatic carbocycles. The van der Waals surface area contributed by atoms with E-state index in [-0.39, 0.29) is 30.1 Å². The van der Waals surface area contributed by atoms with Gasteiger partial charge in [0, 0.05) is 18.9 Å². The number of carbonyl (C=O) groups is 3. The third-order valence-electron chi connectivity index (χ3n) is 3.32. The second-order valence-corrected chi connectivity index (χ2v) is 5.13. The predicted octanol–water partition coefficient (Wildman–Crippen LogP) is 1.70. The topological polar surface area (TPSA) is 80.5 Å². The van der Waals surface area contributed by atoms with Crippen molar-refractivity contribution in [1.29, 1.82) is 0 Å². The first-order chi connectivity index (χ1) is 8.99. The third kappa shape index (κ3) is 5.85. The first-order valence-corrected chi connectivity index (χ1v) is 6.99. The zero-order chi connectivity index (χ0) is 14.8. The summed E-state index contributed by atoms with van der Waals surface area (Å²) in [6.07, 6.45) is 5.10. The van der Waals surface area contributed by atoms with Crippen molar-refractivity contribution >= 4 is 18.2 Å². The van der Waals surface area contributed by atoms with Gasteiger partial charge in [0.2, 0.25) is 18.2 Å². The van der Waals surface area contributed by atoms with Gasteiger partial charge in [-0.1, -0.05) is 40.0 Å². The van der Waals surface area contributed by atoms with Crippen LogP contribution in [0.4, 0.5) is 0 Å². The van der Waals surface area contributed by atoms with E-state index in [0.717, 1.165) is 12.8 Å². The van der Waals surface area contributed by atoms with Gasteiger partial charge in [-0.05, 0) is 12.3 Å². The summed E-state index contributed by atoms with van der Waals surface area (Å²) in [7, 11) is 0. The second kappa shape index (κ2) is 9.53. The Bertz CT molecular complexity index is 303. The number of nitrogens with two attached hydrogens (primary N) is 1. The van der Waals surface area contributed by atoms with Crippen LogP contribution in [0.2, 0.25) is 0 Å². The van der Waals surface area contributed by atoms with Crippen LogP contribution < -0.4 is 5.73 Å². The Kier molecular flexibility index (Phi) is 8.83. The third-order valence-corrected chi connectivity index (χ3v) is 3.32. The second-order valence-electron chi connectivity index (χ2n) is 5.13. The van der Waals surface area contributed by atoms with Gasteiger partial charge < -0.3 is 5.73 Å². The maximum Gasteiger partial charge on any atom is 0.233 e. The highest BCUT2D eigenvalue weighted by Gasteiger charge is 2.39. The first-order valence-electron chi connectivity index (χ1n) is 6.99. The maximum absolute atomic E-state index is 11.9. The maximum atomic E-state index is 11.9. The number of carbonyl (C=O) groups excluding carboxylic acids is 3. The van der Waals surface area contributed by atoms with Crippen LogP contribution in [0.3, 0.4) is 0 Å². The largest absolute Gasteiger partial charge is 0.372 e. The van der Waals surface area contributed by atoms with Crippen molar-refractivity contribution in [2.45, 2.75) is 52.9 Å². The fourth-order valence-corrected chi connectivity index (χ4v) is 2.16. The molecule has 1 saturated heterocycles. The normalized spacial score (nSPS) is 18.5. The molecule has 1 fully saturated rings. The van der Waals surface area contributed by atoms with Gasteiger partial charge in [-0.15, -0.1) is 0 Å². The van der Waals surface area contributed by atoms with Crippen molar-refractivity contribution in [2.24, 2.45) is 17.6 Å². The molecule has 1 atom stereocenters. The van der Waals surface area contributed by atoms with E-state index in [2.05, 4.69) is 12.7 Å². The average molecular weight is 270 g/mol. The molecule has 0 bridgehead atoms. The van der Waals surface area contributed by atoms with Crippen LogP contribution in [0, 0.1) is 11.8 Å². The van der Waals surface area contributed by atoms with Crippen molar-refractivity contribution in [2.75, 3.05) is 6.54 Å². The summed E-state index contributed by atoms with van der Waals surface area (Å²) >= 11 is 0. The molecule has 1 aliphatic rings. The Morgan fingerprint density at radius 1 is 1.32 bits per heavy atom. The van der Waals surface area contributed by atoms with Crippen molar-refractivity contribution in [1.82, 2.24) is 4.90 Å². The molecule has 110 valence electrons. The van der Waals surface area contributed by atoms with E-state index in [1.165, 1.54) is 17.7 Å². The lowest BCUT2D eigenvalue weighted by molar-refractivity contribution is -0.139. The summed E-state index contributed by atoms with van der Waals surface area (Å²) in [4.78, 5) is 33.7. The van der Waals surface area contributed by atoms with Crippen LogP contribution in [0.5, 0.6) is 0 Å². The predicted molar refractivity (Wildman–Crippen MR) is 74.1 cm³/mol. The molecule has 5 heteroatoms. The number of rotatable bonds is 6. The van der Waals surface area contributed by atoms with E-state index in [9.17, 15) is 9.59 Å². The van der Waals surface area contributed by atoms with Crippen molar-refractivity contribution in [3.63, 3.8) is 0 Å². The highest BCUT2D eigenvalue weighted by molar-refractivity contribution is 6.03. The molecule has 19 heavy (non-hydrogen) atoms. The SMILES string of the molecule is CCCCCCN1C(=O)CC(C(C)C)C1=O.NC=O. The fourth-order valence-electron chi connectivity index (χ4n) is 2.16. The van der Waals surface area contributed by atoms with Gasteiger partial charge in [0.1, 0.15) is 0 Å². The fraction of sp³-hybridized carbons (Fsp3) is 0.786. The monoisotopic (exact) mass is 270 g/mol. The summed E-state index contributed by atoms with van der Waals surface area (Å²) in [6, 6.07) is 0. The number of unbranched alkanes of at least 4 members (excludes halogenated alkanes) is 3. The van der Waals surface area contributed by atoms with Gasteiger partial charge in [-0.3, -0.25) is 19.3 Å². The van der Waals surface area contributed by atoms with Gasteiger partial charge in [-0.25, -0.2) is 0 Å². The zero-order valence-electron chi connectivity index (χ0n) is 12.2. The number of primary amides is 1. The molecular weight excluding hydrogens is 244 g/mol.